The van der Waals surface area contributed by atoms with Crippen LogP contribution in [0.3, 0.4) is 0 Å². The maximum Gasteiger partial charge on any atom is 0.132 e. The van der Waals surface area contributed by atoms with Gasteiger partial charge in [0.2, 0.25) is 0 Å². The normalized spacial score (nSPS) is 10.9. The van der Waals surface area contributed by atoms with Gasteiger partial charge in [-0.1, -0.05) is 20.8 Å². The van der Waals surface area contributed by atoms with Crippen molar-refractivity contribution < 1.29 is 0 Å². The van der Waals surface area contributed by atoms with Crippen LogP contribution in [0.1, 0.15) is 39.3 Å². The summed E-state index contributed by atoms with van der Waals surface area (Å²) >= 11 is 5.89. The van der Waals surface area contributed by atoms with Gasteiger partial charge in [-0.25, -0.2) is 9.97 Å². The van der Waals surface area contributed by atoms with Gasteiger partial charge in [-0.3, -0.25) is 0 Å². The second kappa shape index (κ2) is 7.49. The van der Waals surface area contributed by atoms with E-state index in [2.05, 4.69) is 41.7 Å². The van der Waals surface area contributed by atoms with E-state index in [1.807, 2.05) is 0 Å². The minimum Gasteiger partial charge on any atom is -0.352 e. The predicted octanol–water partition coefficient (Wildman–Crippen LogP) is 3.27. The number of aryl methyl sites for hydroxylation is 1. The van der Waals surface area contributed by atoms with Crippen molar-refractivity contribution in [3.8, 4) is 0 Å². The van der Waals surface area contributed by atoms with Gasteiger partial charge in [0.1, 0.15) is 12.1 Å². The Kier molecular flexibility index (Phi) is 6.27. The Bertz CT molecular complexity index is 326. The van der Waals surface area contributed by atoms with E-state index in [1.165, 1.54) is 0 Å². The molecule has 0 fully saturated rings. The van der Waals surface area contributed by atoms with Gasteiger partial charge in [-0.05, 0) is 19.3 Å². The third-order valence-corrected chi connectivity index (χ3v) is 3.24. The average molecular weight is 256 g/mol. The molecule has 0 radical (unpaired) electrons. The lowest BCUT2D eigenvalue weighted by atomic mass is 10.1. The van der Waals surface area contributed by atoms with Crippen LogP contribution in [-0.2, 0) is 6.42 Å². The van der Waals surface area contributed by atoms with Gasteiger partial charge < -0.3 is 4.90 Å². The molecule has 0 aliphatic rings. The number of anilines is 1. The van der Waals surface area contributed by atoms with Gasteiger partial charge >= 0.3 is 0 Å². The number of rotatable bonds is 7. The number of halogens is 1. The van der Waals surface area contributed by atoms with Gasteiger partial charge in [-0.2, -0.15) is 0 Å². The summed E-state index contributed by atoms with van der Waals surface area (Å²) in [6.07, 6.45) is 4.81. The van der Waals surface area contributed by atoms with Crippen LogP contribution in [0.4, 0.5) is 5.82 Å². The van der Waals surface area contributed by atoms with Crippen LogP contribution in [0.5, 0.6) is 0 Å². The van der Waals surface area contributed by atoms with Gasteiger partial charge in [0, 0.05) is 30.2 Å². The van der Waals surface area contributed by atoms with Crippen molar-refractivity contribution >= 4 is 17.4 Å². The minimum atomic E-state index is 0.508. The lowest BCUT2D eigenvalue weighted by Crippen LogP contribution is -2.36. The summed E-state index contributed by atoms with van der Waals surface area (Å²) in [6.45, 7) is 7.36. The molecule has 1 aromatic rings. The molecule has 0 N–H and O–H groups in total. The van der Waals surface area contributed by atoms with Crippen LogP contribution in [0.15, 0.2) is 12.4 Å². The summed E-state index contributed by atoms with van der Waals surface area (Å²) in [5, 5.41) is 0. The molecule has 0 atom stereocenters. The van der Waals surface area contributed by atoms with Gasteiger partial charge in [0.15, 0.2) is 0 Å². The Morgan fingerprint density at radius 2 is 1.94 bits per heavy atom. The zero-order chi connectivity index (χ0) is 12.7. The first-order valence-corrected chi connectivity index (χ1v) is 6.93. The number of hydrogen-bond acceptors (Lipinski definition) is 3. The Labute approximate surface area is 109 Å². The molecular weight excluding hydrogens is 234 g/mol. The van der Waals surface area contributed by atoms with E-state index in [0.29, 0.717) is 11.9 Å². The second-order valence-corrected chi connectivity index (χ2v) is 4.45. The highest BCUT2D eigenvalue weighted by atomic mass is 35.5. The van der Waals surface area contributed by atoms with E-state index >= 15 is 0 Å². The molecule has 96 valence electrons. The monoisotopic (exact) mass is 255 g/mol. The minimum absolute atomic E-state index is 0.508. The van der Waals surface area contributed by atoms with Crippen LogP contribution in [0.2, 0.25) is 0 Å². The molecule has 1 heterocycles. The van der Waals surface area contributed by atoms with Crippen LogP contribution in [0.25, 0.3) is 0 Å². The highest BCUT2D eigenvalue weighted by Crippen LogP contribution is 2.18. The third-order valence-electron chi connectivity index (χ3n) is 3.07. The Morgan fingerprint density at radius 1 is 1.24 bits per heavy atom. The van der Waals surface area contributed by atoms with E-state index < -0.39 is 0 Å². The van der Waals surface area contributed by atoms with Crippen LogP contribution < -0.4 is 4.90 Å². The van der Waals surface area contributed by atoms with Gasteiger partial charge in [0.05, 0.1) is 0 Å². The Morgan fingerprint density at radius 3 is 2.47 bits per heavy atom. The van der Waals surface area contributed by atoms with Crippen LogP contribution in [-0.4, -0.2) is 28.4 Å². The van der Waals surface area contributed by atoms with Crippen molar-refractivity contribution in [1.29, 1.82) is 0 Å². The molecule has 0 unspecified atom stereocenters. The lowest BCUT2D eigenvalue weighted by molar-refractivity contribution is 0.562. The SMILES string of the molecule is CCc1cc(N(CCCl)C(CC)CC)ncn1. The first-order valence-electron chi connectivity index (χ1n) is 6.40. The molecule has 1 rings (SSSR count). The number of aromatic nitrogens is 2. The molecule has 0 spiro atoms. The molecule has 0 aliphatic heterocycles. The zero-order valence-electron chi connectivity index (χ0n) is 11.0. The van der Waals surface area contributed by atoms with Gasteiger partial charge in [0.25, 0.3) is 0 Å². The van der Waals surface area contributed by atoms with Crippen molar-refractivity contribution in [2.75, 3.05) is 17.3 Å². The van der Waals surface area contributed by atoms with Crippen molar-refractivity contribution in [3.63, 3.8) is 0 Å². The fraction of sp³-hybridized carbons (Fsp3) is 0.692. The fourth-order valence-corrected chi connectivity index (χ4v) is 2.22. The molecule has 1 aromatic heterocycles. The highest BCUT2D eigenvalue weighted by molar-refractivity contribution is 6.18. The predicted molar refractivity (Wildman–Crippen MR) is 73.8 cm³/mol. The second-order valence-electron chi connectivity index (χ2n) is 4.07. The summed E-state index contributed by atoms with van der Waals surface area (Å²) < 4.78 is 0. The molecule has 3 nitrogen and oxygen atoms in total. The van der Waals surface area contributed by atoms with E-state index in [9.17, 15) is 0 Å². The molecule has 0 aliphatic carbocycles. The smallest absolute Gasteiger partial charge is 0.132 e. The summed E-state index contributed by atoms with van der Waals surface area (Å²) in [5.74, 6) is 1.63. The third kappa shape index (κ3) is 3.84. The Balaban J connectivity index is 2.94. The topological polar surface area (TPSA) is 29.0 Å². The Hall–Kier alpha value is -0.830. The average Bonchev–Trinajstić information content (AvgIpc) is 2.39. The van der Waals surface area contributed by atoms with E-state index in [4.69, 9.17) is 11.6 Å². The van der Waals surface area contributed by atoms with Crippen molar-refractivity contribution in [1.82, 2.24) is 9.97 Å². The molecule has 4 heteroatoms. The first-order chi connectivity index (χ1) is 8.26. The van der Waals surface area contributed by atoms with E-state index in [-0.39, 0.29) is 0 Å². The molecule has 0 saturated carbocycles. The summed E-state index contributed by atoms with van der Waals surface area (Å²) in [5.41, 5.74) is 1.08. The molecule has 0 saturated heterocycles. The van der Waals surface area contributed by atoms with Crippen LogP contribution >= 0.6 is 11.6 Å². The highest BCUT2D eigenvalue weighted by Gasteiger charge is 2.16. The van der Waals surface area contributed by atoms with E-state index in [1.54, 1.807) is 6.33 Å². The maximum absolute atomic E-state index is 5.89. The number of nitrogens with zero attached hydrogens (tertiary/aromatic N) is 3. The van der Waals surface area contributed by atoms with E-state index in [0.717, 1.165) is 37.3 Å². The molecule has 0 aromatic carbocycles. The lowest BCUT2D eigenvalue weighted by Gasteiger charge is -2.31. The standard InChI is InChI=1S/C13H22ClN3/c1-4-11-9-13(16-10-15-11)17(8-7-14)12(5-2)6-3/h9-10,12H,4-8H2,1-3H3. The molecule has 0 bridgehead atoms. The zero-order valence-corrected chi connectivity index (χ0v) is 11.7. The number of alkyl halides is 1. The van der Waals surface area contributed by atoms with Crippen molar-refractivity contribution in [2.45, 2.75) is 46.1 Å². The first kappa shape index (κ1) is 14.2. The molecule has 0 amide bonds. The largest absolute Gasteiger partial charge is 0.352 e. The quantitative estimate of drug-likeness (QED) is 0.701. The molecule has 17 heavy (non-hydrogen) atoms. The summed E-state index contributed by atoms with van der Waals surface area (Å²) in [4.78, 5) is 10.9. The summed E-state index contributed by atoms with van der Waals surface area (Å²) in [7, 11) is 0. The fourth-order valence-electron chi connectivity index (χ4n) is 2.04. The summed E-state index contributed by atoms with van der Waals surface area (Å²) in [6, 6.07) is 2.58. The van der Waals surface area contributed by atoms with Crippen LogP contribution in [0, 0.1) is 0 Å². The maximum atomic E-state index is 5.89. The number of hydrogen-bond donors (Lipinski definition) is 0. The molecular formula is C13H22ClN3. The van der Waals surface area contributed by atoms with Gasteiger partial charge in [-0.15, -0.1) is 11.6 Å². The van der Waals surface area contributed by atoms with Crippen molar-refractivity contribution in [2.24, 2.45) is 0 Å². The van der Waals surface area contributed by atoms with Crippen molar-refractivity contribution in [3.05, 3.63) is 18.1 Å².